The van der Waals surface area contributed by atoms with Gasteiger partial charge in [-0.2, -0.15) is 9.30 Å². The van der Waals surface area contributed by atoms with Crippen LogP contribution in [0.15, 0.2) is 57.2 Å². The van der Waals surface area contributed by atoms with Crippen LogP contribution in [0.3, 0.4) is 0 Å². The summed E-state index contributed by atoms with van der Waals surface area (Å²) in [5.41, 5.74) is 1.00. The van der Waals surface area contributed by atoms with Gasteiger partial charge in [-0.15, -0.1) is 0 Å². The van der Waals surface area contributed by atoms with Gasteiger partial charge in [-0.1, -0.05) is 30.6 Å². The minimum atomic E-state index is -3.66. The smallest absolute Gasteiger partial charge is 0.279 e. The summed E-state index contributed by atoms with van der Waals surface area (Å²) in [4.78, 5) is 18.0. The van der Waals surface area contributed by atoms with Crippen LogP contribution >= 0.6 is 11.3 Å². The lowest BCUT2D eigenvalue weighted by Gasteiger charge is -2.30. The van der Waals surface area contributed by atoms with Crippen LogP contribution in [0.25, 0.3) is 10.2 Å². The number of ether oxygens (including phenoxy) is 1. The fourth-order valence-corrected chi connectivity index (χ4v) is 7.73. The van der Waals surface area contributed by atoms with E-state index in [4.69, 9.17) is 4.74 Å². The molecule has 1 aliphatic carbocycles. The maximum atomic E-state index is 13.1. The lowest BCUT2D eigenvalue weighted by atomic mass is 9.96. The molecule has 0 spiro atoms. The zero-order valence-corrected chi connectivity index (χ0v) is 23.5. The van der Waals surface area contributed by atoms with Crippen molar-refractivity contribution in [3.8, 4) is 0 Å². The number of amides is 1. The van der Waals surface area contributed by atoms with Crippen molar-refractivity contribution < 1.29 is 26.4 Å². The number of hydrogen-bond acceptors (Lipinski definition) is 7. The molecule has 1 saturated carbocycles. The standard InChI is InChI=1S/C25H31N3O6S3/c1-27(19-7-5-4-6-8-19)37(32,33)20-11-9-18(10-12-20)24(29)26-25-28(15-16-34-2)22-14-13-21(36(3,30)31)17-23(22)35-25/h9-14,17,19H,4-8,15-16H2,1-3H3. The van der Waals surface area contributed by atoms with Crippen LogP contribution in [0, 0.1) is 0 Å². The molecule has 1 aromatic heterocycles. The zero-order chi connectivity index (χ0) is 26.8. The van der Waals surface area contributed by atoms with E-state index in [1.54, 1.807) is 26.3 Å². The molecule has 1 aliphatic rings. The Morgan fingerprint density at radius 2 is 1.70 bits per heavy atom. The molecule has 1 heterocycles. The van der Waals surface area contributed by atoms with E-state index >= 15 is 0 Å². The molecule has 9 nitrogen and oxygen atoms in total. The summed E-state index contributed by atoms with van der Waals surface area (Å²) >= 11 is 1.21. The first-order chi connectivity index (χ1) is 17.5. The van der Waals surface area contributed by atoms with Gasteiger partial charge in [0.05, 0.1) is 26.6 Å². The predicted octanol–water partition coefficient (Wildman–Crippen LogP) is 3.45. The highest BCUT2D eigenvalue weighted by molar-refractivity contribution is 7.90. The highest BCUT2D eigenvalue weighted by atomic mass is 32.2. The van der Waals surface area contributed by atoms with Crippen molar-refractivity contribution in [1.82, 2.24) is 8.87 Å². The highest BCUT2D eigenvalue weighted by Gasteiger charge is 2.29. The van der Waals surface area contributed by atoms with Gasteiger partial charge in [-0.25, -0.2) is 16.8 Å². The number of hydrogen-bond donors (Lipinski definition) is 0. The third-order valence-electron chi connectivity index (χ3n) is 6.67. The van der Waals surface area contributed by atoms with E-state index in [9.17, 15) is 21.6 Å². The molecule has 0 unspecified atom stereocenters. The van der Waals surface area contributed by atoms with Crippen molar-refractivity contribution in [1.29, 1.82) is 0 Å². The predicted molar refractivity (Wildman–Crippen MR) is 143 cm³/mol. The number of methoxy groups -OCH3 is 1. The summed E-state index contributed by atoms with van der Waals surface area (Å²) in [5, 5.41) is 0. The van der Waals surface area contributed by atoms with Gasteiger partial charge in [-0.05, 0) is 55.3 Å². The summed E-state index contributed by atoms with van der Waals surface area (Å²) in [6, 6.07) is 10.6. The zero-order valence-electron chi connectivity index (χ0n) is 21.1. The second-order valence-electron chi connectivity index (χ2n) is 9.19. The highest BCUT2D eigenvalue weighted by Crippen LogP contribution is 2.27. The minimum absolute atomic E-state index is 0.00576. The van der Waals surface area contributed by atoms with Gasteiger partial charge >= 0.3 is 0 Å². The van der Waals surface area contributed by atoms with E-state index in [1.165, 1.54) is 46.0 Å². The number of sulfone groups is 1. The van der Waals surface area contributed by atoms with Gasteiger partial charge in [0, 0.05) is 38.6 Å². The molecule has 0 atom stereocenters. The number of thiazole rings is 1. The van der Waals surface area contributed by atoms with Gasteiger partial charge in [0.1, 0.15) is 0 Å². The van der Waals surface area contributed by atoms with Crippen molar-refractivity contribution >= 4 is 47.3 Å². The molecule has 3 aromatic rings. The Balaban J connectivity index is 1.65. The van der Waals surface area contributed by atoms with E-state index in [0.717, 1.165) is 43.9 Å². The Morgan fingerprint density at radius 1 is 1.05 bits per heavy atom. The Kier molecular flexibility index (Phi) is 8.34. The first kappa shape index (κ1) is 27.6. The lowest BCUT2D eigenvalue weighted by Crippen LogP contribution is -2.38. The first-order valence-corrected chi connectivity index (χ1v) is 16.2. The fraction of sp³-hybridized carbons (Fsp3) is 0.440. The van der Waals surface area contributed by atoms with Crippen LogP contribution in [-0.4, -0.2) is 64.7 Å². The van der Waals surface area contributed by atoms with Crippen LogP contribution in [0.1, 0.15) is 42.5 Å². The van der Waals surface area contributed by atoms with Crippen molar-refractivity contribution in [2.75, 3.05) is 27.0 Å². The molecule has 200 valence electrons. The summed E-state index contributed by atoms with van der Waals surface area (Å²) in [5.74, 6) is -0.523. The lowest BCUT2D eigenvalue weighted by molar-refractivity contribution is 0.0997. The minimum Gasteiger partial charge on any atom is -0.383 e. The SMILES string of the molecule is COCCn1c(=NC(=O)c2ccc(S(=O)(=O)N(C)C3CCCCC3)cc2)sc2cc(S(C)(=O)=O)ccc21. The van der Waals surface area contributed by atoms with Gasteiger partial charge in [0.25, 0.3) is 5.91 Å². The molecule has 0 bridgehead atoms. The number of aromatic nitrogens is 1. The topological polar surface area (TPSA) is 115 Å². The normalized spacial score (nSPS) is 16.1. The van der Waals surface area contributed by atoms with Gasteiger partial charge < -0.3 is 9.30 Å². The van der Waals surface area contributed by atoms with Crippen LogP contribution in [-0.2, 0) is 31.1 Å². The maximum absolute atomic E-state index is 13.1. The van der Waals surface area contributed by atoms with Crippen molar-refractivity contribution in [3.05, 3.63) is 52.8 Å². The molecule has 0 aliphatic heterocycles. The number of benzene rings is 2. The molecule has 0 radical (unpaired) electrons. The largest absolute Gasteiger partial charge is 0.383 e. The molecule has 4 rings (SSSR count). The second-order valence-corrected chi connectivity index (χ2v) is 14.2. The molecule has 1 fully saturated rings. The molecular formula is C25H31N3O6S3. The number of sulfonamides is 1. The van der Waals surface area contributed by atoms with E-state index in [2.05, 4.69) is 4.99 Å². The van der Waals surface area contributed by atoms with Crippen LogP contribution in [0.5, 0.6) is 0 Å². The van der Waals surface area contributed by atoms with Gasteiger partial charge in [0.15, 0.2) is 14.6 Å². The summed E-state index contributed by atoms with van der Waals surface area (Å²) in [6.07, 6.45) is 6.04. The summed E-state index contributed by atoms with van der Waals surface area (Å²) in [6.45, 7) is 0.799. The van der Waals surface area contributed by atoms with E-state index in [1.807, 2.05) is 4.57 Å². The number of carbonyl (C=O) groups is 1. The third-order valence-corrected chi connectivity index (χ3v) is 10.7. The number of nitrogens with zero attached hydrogens (tertiary/aromatic N) is 3. The monoisotopic (exact) mass is 565 g/mol. The Bertz CT molecular complexity index is 1570. The van der Waals surface area contributed by atoms with E-state index in [-0.39, 0.29) is 21.4 Å². The molecular weight excluding hydrogens is 534 g/mol. The van der Waals surface area contributed by atoms with E-state index in [0.29, 0.717) is 22.7 Å². The summed E-state index contributed by atoms with van der Waals surface area (Å²) < 4.78 is 59.3. The summed E-state index contributed by atoms with van der Waals surface area (Å²) in [7, 11) is -3.86. The second kappa shape index (κ2) is 11.2. The Labute approximate surface area is 221 Å². The molecule has 0 N–H and O–H groups in total. The van der Waals surface area contributed by atoms with Gasteiger partial charge in [0.2, 0.25) is 10.0 Å². The van der Waals surface area contributed by atoms with E-state index < -0.39 is 25.8 Å². The third kappa shape index (κ3) is 6.04. The van der Waals surface area contributed by atoms with Crippen molar-refractivity contribution in [2.24, 2.45) is 4.99 Å². The van der Waals surface area contributed by atoms with Crippen molar-refractivity contribution in [2.45, 2.75) is 54.5 Å². The number of fused-ring (bicyclic) bond motifs is 1. The first-order valence-electron chi connectivity index (χ1n) is 12.0. The van der Waals surface area contributed by atoms with Crippen LogP contribution in [0.2, 0.25) is 0 Å². The molecule has 2 aromatic carbocycles. The van der Waals surface area contributed by atoms with Crippen molar-refractivity contribution in [3.63, 3.8) is 0 Å². The average molecular weight is 566 g/mol. The average Bonchev–Trinajstić information content (AvgIpc) is 3.23. The van der Waals surface area contributed by atoms with Gasteiger partial charge in [-0.3, -0.25) is 4.79 Å². The van der Waals surface area contributed by atoms with Crippen LogP contribution < -0.4 is 4.80 Å². The Hall–Kier alpha value is -2.38. The fourth-order valence-electron chi connectivity index (χ4n) is 4.50. The number of carbonyl (C=O) groups excluding carboxylic acids is 1. The van der Waals surface area contributed by atoms with Crippen LogP contribution in [0.4, 0.5) is 0 Å². The Morgan fingerprint density at radius 3 is 2.32 bits per heavy atom. The molecule has 37 heavy (non-hydrogen) atoms. The molecule has 12 heteroatoms. The quantitative estimate of drug-likeness (QED) is 0.413. The number of rotatable bonds is 8. The maximum Gasteiger partial charge on any atom is 0.279 e. The molecule has 0 saturated heterocycles. The molecule has 1 amide bonds.